The van der Waals surface area contributed by atoms with Gasteiger partial charge in [-0.15, -0.1) is 0 Å². The van der Waals surface area contributed by atoms with Crippen molar-refractivity contribution in [3.05, 3.63) is 0 Å². The minimum Gasteiger partial charge on any atom is -0.480 e. The Morgan fingerprint density at radius 1 is 1.32 bits per heavy atom. The van der Waals surface area contributed by atoms with Crippen LogP contribution in [-0.4, -0.2) is 76.9 Å². The molecule has 1 rings (SSSR count). The van der Waals surface area contributed by atoms with E-state index in [-0.39, 0.29) is 18.4 Å². The van der Waals surface area contributed by atoms with Crippen molar-refractivity contribution in [2.45, 2.75) is 57.7 Å². The Labute approximate surface area is 170 Å². The van der Waals surface area contributed by atoms with E-state index in [1.165, 1.54) is 4.90 Å². The number of carbonyl (C=O) groups is 4. The first kappa shape index (κ1) is 24.2. The molecule has 160 valence electrons. The number of hydrogen-bond donors (Lipinski definition) is 4. The minimum atomic E-state index is -1.11. The van der Waals surface area contributed by atoms with E-state index in [0.717, 1.165) is 5.75 Å². The van der Waals surface area contributed by atoms with Crippen molar-refractivity contribution >= 4 is 35.5 Å². The van der Waals surface area contributed by atoms with Crippen LogP contribution in [0.25, 0.3) is 0 Å². The standard InChI is InChI=1S/C18H32N4O5S/c1-4-11(2)15(18(26)27)21-14(23)10-20-16(24)13-6-5-8-22(13)17(25)12(19)7-9-28-3/h11-13,15H,4-10,19H2,1-3H3,(H,20,24)(H,21,23)(H,26,27). The van der Waals surface area contributed by atoms with Crippen LogP contribution in [-0.2, 0) is 19.2 Å². The largest absolute Gasteiger partial charge is 0.480 e. The van der Waals surface area contributed by atoms with Crippen LogP contribution < -0.4 is 16.4 Å². The minimum absolute atomic E-state index is 0.233. The summed E-state index contributed by atoms with van der Waals surface area (Å²) in [5.74, 6) is -1.83. The Balaban J connectivity index is 2.58. The summed E-state index contributed by atoms with van der Waals surface area (Å²) < 4.78 is 0. The van der Waals surface area contributed by atoms with Gasteiger partial charge in [0, 0.05) is 6.54 Å². The second-order valence-electron chi connectivity index (χ2n) is 7.06. The number of hydrogen-bond acceptors (Lipinski definition) is 6. The van der Waals surface area contributed by atoms with Gasteiger partial charge < -0.3 is 26.4 Å². The highest BCUT2D eigenvalue weighted by atomic mass is 32.2. The summed E-state index contributed by atoms with van der Waals surface area (Å²) >= 11 is 1.60. The molecule has 28 heavy (non-hydrogen) atoms. The zero-order chi connectivity index (χ0) is 21.3. The van der Waals surface area contributed by atoms with E-state index in [1.807, 2.05) is 13.2 Å². The van der Waals surface area contributed by atoms with Crippen LogP contribution in [0, 0.1) is 5.92 Å². The second kappa shape index (κ2) is 11.9. The van der Waals surface area contributed by atoms with Crippen molar-refractivity contribution in [2.24, 2.45) is 11.7 Å². The highest BCUT2D eigenvalue weighted by molar-refractivity contribution is 7.98. The van der Waals surface area contributed by atoms with Gasteiger partial charge in [0.05, 0.1) is 12.6 Å². The van der Waals surface area contributed by atoms with Crippen LogP contribution in [0.1, 0.15) is 39.5 Å². The molecule has 10 heteroatoms. The Morgan fingerprint density at radius 3 is 2.57 bits per heavy atom. The van der Waals surface area contributed by atoms with Gasteiger partial charge in [0.2, 0.25) is 17.7 Å². The van der Waals surface area contributed by atoms with Crippen molar-refractivity contribution < 1.29 is 24.3 Å². The fourth-order valence-corrected chi connectivity index (χ4v) is 3.57. The molecule has 1 saturated heterocycles. The topological polar surface area (TPSA) is 142 Å². The smallest absolute Gasteiger partial charge is 0.326 e. The van der Waals surface area contributed by atoms with Gasteiger partial charge in [-0.05, 0) is 37.2 Å². The van der Waals surface area contributed by atoms with E-state index < -0.39 is 35.9 Å². The molecule has 0 aromatic rings. The molecule has 0 saturated carbocycles. The summed E-state index contributed by atoms with van der Waals surface area (Å²) in [6, 6.07) is -2.30. The number of amides is 3. The average molecular weight is 417 g/mol. The van der Waals surface area contributed by atoms with Crippen LogP contribution in [0.15, 0.2) is 0 Å². The second-order valence-corrected chi connectivity index (χ2v) is 8.05. The van der Waals surface area contributed by atoms with Gasteiger partial charge >= 0.3 is 5.97 Å². The normalized spacial score (nSPS) is 19.6. The zero-order valence-corrected chi connectivity index (χ0v) is 17.6. The fraction of sp³-hybridized carbons (Fsp3) is 0.778. The molecule has 0 aromatic heterocycles. The summed E-state index contributed by atoms with van der Waals surface area (Å²) in [5, 5.41) is 14.2. The number of carbonyl (C=O) groups excluding carboxylic acids is 3. The van der Waals surface area contributed by atoms with E-state index >= 15 is 0 Å². The van der Waals surface area contributed by atoms with Gasteiger partial charge in [0.25, 0.3) is 0 Å². The molecule has 0 aliphatic carbocycles. The first-order valence-electron chi connectivity index (χ1n) is 9.57. The number of aliphatic carboxylic acids is 1. The van der Waals surface area contributed by atoms with Crippen molar-refractivity contribution in [3.63, 3.8) is 0 Å². The number of rotatable bonds is 11. The number of nitrogens with one attached hydrogen (secondary N) is 2. The lowest BCUT2D eigenvalue weighted by Gasteiger charge is -2.26. The molecular formula is C18H32N4O5S. The molecule has 1 heterocycles. The third kappa shape index (κ3) is 6.97. The first-order chi connectivity index (χ1) is 13.2. The van der Waals surface area contributed by atoms with Gasteiger partial charge in [-0.25, -0.2) is 4.79 Å². The predicted octanol–water partition coefficient (Wildman–Crippen LogP) is -0.210. The monoisotopic (exact) mass is 416 g/mol. The average Bonchev–Trinajstić information content (AvgIpc) is 3.16. The highest BCUT2D eigenvalue weighted by Crippen LogP contribution is 2.19. The SMILES string of the molecule is CCC(C)C(NC(=O)CNC(=O)C1CCCN1C(=O)C(N)CCSC)C(=O)O. The number of nitrogens with two attached hydrogens (primary N) is 1. The fourth-order valence-electron chi connectivity index (χ4n) is 3.08. The zero-order valence-electron chi connectivity index (χ0n) is 16.8. The van der Waals surface area contributed by atoms with E-state index in [9.17, 15) is 24.3 Å². The third-order valence-electron chi connectivity index (χ3n) is 5.01. The van der Waals surface area contributed by atoms with Crippen molar-refractivity contribution in [3.8, 4) is 0 Å². The lowest BCUT2D eigenvalue weighted by Crippen LogP contribution is -2.53. The summed E-state index contributed by atoms with van der Waals surface area (Å²) in [4.78, 5) is 49.8. The Bertz CT molecular complexity index is 574. The van der Waals surface area contributed by atoms with E-state index in [2.05, 4.69) is 10.6 Å². The Hall–Kier alpha value is -1.81. The lowest BCUT2D eigenvalue weighted by atomic mass is 9.99. The molecule has 1 aliphatic heterocycles. The van der Waals surface area contributed by atoms with Crippen LogP contribution in [0.4, 0.5) is 0 Å². The lowest BCUT2D eigenvalue weighted by molar-refractivity contribution is -0.143. The molecule has 0 bridgehead atoms. The van der Waals surface area contributed by atoms with Crippen molar-refractivity contribution in [1.29, 1.82) is 0 Å². The molecule has 0 spiro atoms. The third-order valence-corrected chi connectivity index (χ3v) is 5.65. The van der Waals surface area contributed by atoms with Crippen LogP contribution >= 0.6 is 11.8 Å². The number of carboxylic acids is 1. The molecule has 9 nitrogen and oxygen atoms in total. The molecule has 4 unspecified atom stereocenters. The predicted molar refractivity (Wildman–Crippen MR) is 108 cm³/mol. The summed E-state index contributed by atoms with van der Waals surface area (Å²) in [7, 11) is 0. The highest BCUT2D eigenvalue weighted by Gasteiger charge is 2.36. The summed E-state index contributed by atoms with van der Waals surface area (Å²) in [6.07, 6.45) is 4.28. The first-order valence-corrected chi connectivity index (χ1v) is 11.0. The molecule has 0 radical (unpaired) electrons. The molecule has 4 atom stereocenters. The van der Waals surface area contributed by atoms with E-state index in [0.29, 0.717) is 32.2 Å². The van der Waals surface area contributed by atoms with Gasteiger partial charge in [-0.2, -0.15) is 11.8 Å². The van der Waals surface area contributed by atoms with Crippen molar-refractivity contribution in [1.82, 2.24) is 15.5 Å². The van der Waals surface area contributed by atoms with Gasteiger partial charge in [-0.3, -0.25) is 14.4 Å². The number of carboxylic acid groups (broad SMARTS) is 1. The van der Waals surface area contributed by atoms with E-state index in [4.69, 9.17) is 5.73 Å². The number of nitrogens with zero attached hydrogens (tertiary/aromatic N) is 1. The quantitative estimate of drug-likeness (QED) is 0.365. The van der Waals surface area contributed by atoms with Crippen LogP contribution in [0.3, 0.4) is 0 Å². The number of thioether (sulfide) groups is 1. The maximum absolute atomic E-state index is 12.5. The summed E-state index contributed by atoms with van der Waals surface area (Å²) in [6.45, 7) is 3.70. The maximum Gasteiger partial charge on any atom is 0.326 e. The van der Waals surface area contributed by atoms with E-state index in [1.54, 1.807) is 18.7 Å². The maximum atomic E-state index is 12.5. The van der Waals surface area contributed by atoms with Gasteiger partial charge in [0.1, 0.15) is 12.1 Å². The molecule has 1 aliphatic rings. The molecular weight excluding hydrogens is 384 g/mol. The van der Waals surface area contributed by atoms with Gasteiger partial charge in [0.15, 0.2) is 0 Å². The van der Waals surface area contributed by atoms with Crippen LogP contribution in [0.5, 0.6) is 0 Å². The molecule has 5 N–H and O–H groups in total. The Kier molecular flexibility index (Phi) is 10.3. The van der Waals surface area contributed by atoms with Gasteiger partial charge in [-0.1, -0.05) is 20.3 Å². The van der Waals surface area contributed by atoms with Crippen molar-refractivity contribution in [2.75, 3.05) is 25.1 Å². The number of likely N-dealkylation sites (tertiary alicyclic amines) is 1. The summed E-state index contributed by atoms with van der Waals surface area (Å²) in [5.41, 5.74) is 5.94. The molecule has 0 aromatic carbocycles. The molecule has 1 fully saturated rings. The molecule has 3 amide bonds. The van der Waals surface area contributed by atoms with Crippen LogP contribution in [0.2, 0.25) is 0 Å². The Morgan fingerprint density at radius 2 is 2.00 bits per heavy atom.